The summed E-state index contributed by atoms with van der Waals surface area (Å²) < 4.78 is 32.5. The van der Waals surface area contributed by atoms with Gasteiger partial charge in [-0.25, -0.2) is 8.42 Å². The Morgan fingerprint density at radius 3 is 2.42 bits per heavy atom. The lowest BCUT2D eigenvalue weighted by Crippen LogP contribution is -3.09. The molecule has 4 saturated carbocycles. The first-order valence-electron chi connectivity index (χ1n) is 15.9. The zero-order valence-electron chi connectivity index (χ0n) is 25.3. The second kappa shape index (κ2) is 14.1. The zero-order chi connectivity index (χ0) is 29.8. The molecule has 4 rings (SSSR count). The number of aliphatic hydroxyl groups excluding tert-OH is 3. The number of quaternary nitrogens is 1. The molecule has 0 aromatic heterocycles. The van der Waals surface area contributed by atoms with E-state index in [0.717, 1.165) is 51.4 Å². The number of carbonyl (C=O) groups excluding carboxylic acids is 1. The van der Waals surface area contributed by atoms with Gasteiger partial charge in [0.2, 0.25) is 5.91 Å². The highest BCUT2D eigenvalue weighted by Crippen LogP contribution is 2.64. The van der Waals surface area contributed by atoms with Gasteiger partial charge in [0.1, 0.15) is 10.1 Å². The molecule has 0 aromatic rings. The molecule has 5 N–H and O–H groups in total. The second-order valence-electron chi connectivity index (χ2n) is 13.5. The predicted molar refractivity (Wildman–Crippen MR) is 153 cm³/mol. The number of amides is 1. The van der Waals surface area contributed by atoms with Crippen molar-refractivity contribution in [2.24, 2.45) is 46.8 Å². The molecule has 0 heterocycles. The van der Waals surface area contributed by atoms with Crippen LogP contribution in [0.4, 0.5) is 0 Å². The highest BCUT2D eigenvalue weighted by Gasteiger charge is 2.61. The standard InChI is InChI=1S/C28H50N2O7S.C2H6/c1-17(5-8-25(34)29-11-4-12-30(3)16-38(35,36)37)20-6-7-21-26(20)24(33)15-22-27(21)23(32)14-18-13-19(31)9-10-28(18,22)2;1-2/h17-24,26-27,31-33H,4-16H2,1-3H3,(H,29,34)(H,35,36,37);1-2H3. The van der Waals surface area contributed by atoms with E-state index >= 15 is 0 Å². The third-order valence-corrected chi connectivity index (χ3v) is 12.0. The van der Waals surface area contributed by atoms with Crippen molar-refractivity contribution in [3.8, 4) is 0 Å². The van der Waals surface area contributed by atoms with Crippen LogP contribution in [-0.2, 0) is 14.9 Å². The minimum atomic E-state index is -4.25. The van der Waals surface area contributed by atoms with Crippen LogP contribution < -0.4 is 10.2 Å². The molecule has 12 atom stereocenters. The van der Waals surface area contributed by atoms with E-state index in [1.165, 1.54) is 0 Å². The van der Waals surface area contributed by atoms with E-state index in [2.05, 4.69) is 19.2 Å². The van der Waals surface area contributed by atoms with Crippen LogP contribution in [-0.4, -0.2) is 78.5 Å². The van der Waals surface area contributed by atoms with Crippen LogP contribution in [0.5, 0.6) is 0 Å². The maximum atomic E-state index is 12.4. The summed E-state index contributed by atoms with van der Waals surface area (Å²) >= 11 is 0. The molecule has 40 heavy (non-hydrogen) atoms. The molecule has 0 spiro atoms. The van der Waals surface area contributed by atoms with E-state index in [-0.39, 0.29) is 41.5 Å². The van der Waals surface area contributed by atoms with Crippen LogP contribution in [0.1, 0.15) is 91.9 Å². The van der Waals surface area contributed by atoms with Crippen molar-refractivity contribution in [1.82, 2.24) is 5.32 Å². The Kier molecular flexibility index (Phi) is 11.9. The molecular weight excluding hydrogens is 532 g/mol. The molecule has 10 heteroatoms. The summed E-state index contributed by atoms with van der Waals surface area (Å²) in [5.41, 5.74) is 0.0798. The number of nitrogens with one attached hydrogen (secondary N) is 2. The summed E-state index contributed by atoms with van der Waals surface area (Å²) in [4.78, 5) is 13.1. The van der Waals surface area contributed by atoms with E-state index in [1.807, 2.05) is 13.8 Å². The van der Waals surface area contributed by atoms with Gasteiger partial charge in [-0.05, 0) is 98.2 Å². The Hall–Kier alpha value is -0.780. The SMILES string of the molecule is CC.CC(CCC(=O)NCCC[NH+](C)CS(=O)(=O)[O-])C1CCC2C1C(O)CC1C2C(O)CC2CC(O)CCC21C. The van der Waals surface area contributed by atoms with E-state index < -0.39 is 16.0 Å². The number of hydrogen-bond donors (Lipinski definition) is 5. The van der Waals surface area contributed by atoms with E-state index in [4.69, 9.17) is 0 Å². The lowest BCUT2D eigenvalue weighted by Gasteiger charge is -2.61. The Bertz CT molecular complexity index is 933. The summed E-state index contributed by atoms with van der Waals surface area (Å²) in [6, 6.07) is 0. The Morgan fingerprint density at radius 1 is 1.07 bits per heavy atom. The number of carbonyl (C=O) groups is 1. The van der Waals surface area contributed by atoms with E-state index in [1.54, 1.807) is 7.05 Å². The molecule has 0 radical (unpaired) electrons. The molecule has 0 aromatic carbocycles. The van der Waals surface area contributed by atoms with Crippen molar-refractivity contribution in [3.05, 3.63) is 0 Å². The van der Waals surface area contributed by atoms with Crippen LogP contribution in [0.15, 0.2) is 0 Å². The molecular formula is C30H56N2O7S. The molecule has 0 aliphatic heterocycles. The molecule has 4 aliphatic carbocycles. The normalized spacial score (nSPS) is 40.5. The van der Waals surface area contributed by atoms with Gasteiger partial charge in [0, 0.05) is 19.4 Å². The van der Waals surface area contributed by atoms with Gasteiger partial charge in [-0.3, -0.25) is 4.79 Å². The van der Waals surface area contributed by atoms with Gasteiger partial charge in [-0.1, -0.05) is 27.7 Å². The molecule has 234 valence electrons. The zero-order valence-corrected chi connectivity index (χ0v) is 26.2. The molecule has 9 nitrogen and oxygen atoms in total. The Labute approximate surface area is 242 Å². The quantitative estimate of drug-likeness (QED) is 0.192. The Morgan fingerprint density at radius 2 is 1.75 bits per heavy atom. The summed E-state index contributed by atoms with van der Waals surface area (Å²) in [7, 11) is -2.60. The molecule has 12 unspecified atom stereocenters. The summed E-state index contributed by atoms with van der Waals surface area (Å²) in [5.74, 6) is 1.51. The number of aliphatic hydroxyl groups is 3. The average molecular weight is 589 g/mol. The molecule has 1 amide bonds. The summed E-state index contributed by atoms with van der Waals surface area (Å²) in [5, 5.41) is 35.9. The van der Waals surface area contributed by atoms with Gasteiger partial charge in [0.15, 0.2) is 5.88 Å². The molecule has 0 saturated heterocycles. The van der Waals surface area contributed by atoms with Crippen molar-refractivity contribution in [1.29, 1.82) is 0 Å². The fourth-order valence-electron chi connectivity index (χ4n) is 9.26. The van der Waals surface area contributed by atoms with Gasteiger partial charge < -0.3 is 30.1 Å². The van der Waals surface area contributed by atoms with Crippen LogP contribution in [0.2, 0.25) is 0 Å². The summed E-state index contributed by atoms with van der Waals surface area (Å²) in [6.07, 6.45) is 6.87. The number of hydrogen-bond acceptors (Lipinski definition) is 7. The number of fused-ring (bicyclic) bond motifs is 5. The fourth-order valence-corrected chi connectivity index (χ4v) is 10.0. The molecule has 0 bridgehead atoms. The van der Waals surface area contributed by atoms with Gasteiger partial charge in [0.25, 0.3) is 0 Å². The first-order chi connectivity index (χ1) is 18.8. The van der Waals surface area contributed by atoms with Crippen molar-refractivity contribution in [3.63, 3.8) is 0 Å². The van der Waals surface area contributed by atoms with Gasteiger partial charge in [0.05, 0.1) is 31.9 Å². The van der Waals surface area contributed by atoms with Crippen LogP contribution in [0.25, 0.3) is 0 Å². The van der Waals surface area contributed by atoms with Crippen LogP contribution in [0.3, 0.4) is 0 Å². The maximum Gasteiger partial charge on any atom is 0.220 e. The monoisotopic (exact) mass is 588 g/mol. The lowest BCUT2D eigenvalue weighted by molar-refractivity contribution is -0.867. The Balaban J connectivity index is 0.00000216. The highest BCUT2D eigenvalue weighted by molar-refractivity contribution is 7.85. The van der Waals surface area contributed by atoms with Crippen molar-refractivity contribution in [2.45, 2.75) is 110 Å². The largest absolute Gasteiger partial charge is 0.744 e. The van der Waals surface area contributed by atoms with E-state index in [0.29, 0.717) is 60.4 Å². The molecule has 4 fully saturated rings. The first-order valence-corrected chi connectivity index (χ1v) is 17.4. The van der Waals surface area contributed by atoms with Crippen molar-refractivity contribution in [2.75, 3.05) is 26.0 Å². The molecule has 4 aliphatic rings. The predicted octanol–water partition coefficient (Wildman–Crippen LogP) is 1.52. The second-order valence-corrected chi connectivity index (χ2v) is 14.9. The lowest BCUT2D eigenvalue weighted by atomic mass is 9.45. The third kappa shape index (κ3) is 7.78. The third-order valence-electron chi connectivity index (χ3n) is 11.1. The minimum absolute atomic E-state index is 0.0223. The average Bonchev–Trinajstić information content (AvgIpc) is 3.33. The van der Waals surface area contributed by atoms with Gasteiger partial charge in [-0.15, -0.1) is 0 Å². The fraction of sp³-hybridized carbons (Fsp3) is 0.967. The maximum absolute atomic E-state index is 12.4. The smallest absolute Gasteiger partial charge is 0.220 e. The minimum Gasteiger partial charge on any atom is -0.744 e. The summed E-state index contributed by atoms with van der Waals surface area (Å²) in [6.45, 7) is 9.49. The van der Waals surface area contributed by atoms with Crippen LogP contribution >= 0.6 is 0 Å². The van der Waals surface area contributed by atoms with Gasteiger partial charge in [-0.2, -0.15) is 0 Å². The highest BCUT2D eigenvalue weighted by atomic mass is 32.2. The topological polar surface area (TPSA) is 151 Å². The van der Waals surface area contributed by atoms with Crippen LogP contribution in [0, 0.1) is 46.8 Å². The number of rotatable bonds is 10. The van der Waals surface area contributed by atoms with Crippen molar-refractivity contribution >= 4 is 16.0 Å². The van der Waals surface area contributed by atoms with Crippen molar-refractivity contribution < 1.29 is 38.0 Å². The van der Waals surface area contributed by atoms with Gasteiger partial charge >= 0.3 is 0 Å². The first kappa shape index (κ1) is 33.7. The van der Waals surface area contributed by atoms with E-state index in [9.17, 15) is 33.1 Å².